The fraction of sp³-hybridized carbons (Fsp3) is 0.205. The van der Waals surface area contributed by atoms with Gasteiger partial charge in [0.1, 0.15) is 23.1 Å². The van der Waals surface area contributed by atoms with Crippen LogP contribution < -0.4 is 15.4 Å². The molecule has 0 aliphatic carbocycles. The van der Waals surface area contributed by atoms with Gasteiger partial charge in [-0.25, -0.2) is 8.78 Å². The second-order valence-electron chi connectivity index (χ2n) is 13.1. The zero-order valence-corrected chi connectivity index (χ0v) is 30.0. The predicted molar refractivity (Wildman–Crippen MR) is 202 cm³/mol. The molecule has 6 rings (SSSR count). The van der Waals surface area contributed by atoms with E-state index in [0.29, 0.717) is 52.5 Å². The number of aryl methyl sites for hydroxylation is 5. The molecule has 5 aromatic carbocycles. The summed E-state index contributed by atoms with van der Waals surface area (Å²) in [5, 5.41) is 9.56. The average molecular weight is 714 g/mol. The first-order valence-corrected chi connectivity index (χ1v) is 17.7. The third kappa shape index (κ3) is 9.43. The molecule has 53 heavy (non-hydrogen) atoms. The van der Waals surface area contributed by atoms with Crippen molar-refractivity contribution >= 4 is 11.8 Å². The van der Waals surface area contributed by atoms with E-state index in [-0.39, 0.29) is 29.2 Å². The molecule has 0 aliphatic rings. The predicted octanol–water partition coefficient (Wildman–Crippen LogP) is 9.73. The SMILES string of the molecule is Cc1cc(C(=O)NCCCc2ccc(-c3cc(Oc4c(C)cc(C(=O)NCCCc5ccc(-c6ccccc6F)cc5)cc4C)ccc3F)cc2)on1. The first-order valence-electron chi connectivity index (χ1n) is 17.7. The van der Waals surface area contributed by atoms with Crippen molar-refractivity contribution in [1.82, 2.24) is 15.8 Å². The number of carbonyl (C=O) groups excluding carboxylic acids is 2. The molecule has 0 saturated carbocycles. The Balaban J connectivity index is 0.999. The lowest BCUT2D eigenvalue weighted by molar-refractivity contribution is 0.0914. The maximum atomic E-state index is 15.0. The molecule has 0 bridgehead atoms. The van der Waals surface area contributed by atoms with Gasteiger partial charge in [-0.2, -0.15) is 0 Å². The van der Waals surface area contributed by atoms with Crippen LogP contribution in [0.25, 0.3) is 22.3 Å². The zero-order valence-electron chi connectivity index (χ0n) is 30.0. The third-order valence-electron chi connectivity index (χ3n) is 8.99. The molecule has 2 amide bonds. The van der Waals surface area contributed by atoms with Gasteiger partial charge in [-0.15, -0.1) is 0 Å². The van der Waals surface area contributed by atoms with Crippen LogP contribution in [-0.4, -0.2) is 30.1 Å². The van der Waals surface area contributed by atoms with E-state index in [9.17, 15) is 14.0 Å². The Morgan fingerprint density at radius 2 is 1.23 bits per heavy atom. The van der Waals surface area contributed by atoms with Gasteiger partial charge in [-0.05, 0) is 116 Å². The molecule has 1 aromatic heterocycles. The van der Waals surface area contributed by atoms with Crippen molar-refractivity contribution in [3.05, 3.63) is 160 Å². The topological polar surface area (TPSA) is 93.5 Å². The van der Waals surface area contributed by atoms with E-state index in [0.717, 1.165) is 53.5 Å². The van der Waals surface area contributed by atoms with Gasteiger partial charge in [-0.1, -0.05) is 71.9 Å². The highest BCUT2D eigenvalue weighted by molar-refractivity contribution is 5.95. The van der Waals surface area contributed by atoms with Gasteiger partial charge in [0, 0.05) is 35.8 Å². The van der Waals surface area contributed by atoms with Crippen LogP contribution in [-0.2, 0) is 12.8 Å². The number of amides is 2. The van der Waals surface area contributed by atoms with Crippen LogP contribution in [0.3, 0.4) is 0 Å². The maximum absolute atomic E-state index is 15.0. The quantitative estimate of drug-likeness (QED) is 0.110. The van der Waals surface area contributed by atoms with Crippen molar-refractivity contribution in [1.29, 1.82) is 0 Å². The van der Waals surface area contributed by atoms with Crippen LogP contribution in [0.2, 0.25) is 0 Å². The van der Waals surface area contributed by atoms with E-state index in [1.54, 1.807) is 49.4 Å². The number of ether oxygens (including phenoxy) is 1. The van der Waals surface area contributed by atoms with Crippen molar-refractivity contribution in [3.8, 4) is 33.8 Å². The molecule has 0 spiro atoms. The number of benzene rings is 5. The largest absolute Gasteiger partial charge is 0.457 e. The molecule has 0 saturated heterocycles. The van der Waals surface area contributed by atoms with Crippen LogP contribution in [0.15, 0.2) is 114 Å². The van der Waals surface area contributed by atoms with Crippen LogP contribution >= 0.6 is 0 Å². The third-order valence-corrected chi connectivity index (χ3v) is 8.99. The summed E-state index contributed by atoms with van der Waals surface area (Å²) in [6.07, 6.45) is 3.00. The Bertz CT molecular complexity index is 2190. The second kappa shape index (κ2) is 17.0. The normalized spacial score (nSPS) is 11.0. The Hall–Kier alpha value is -6.09. The van der Waals surface area contributed by atoms with Crippen LogP contribution in [0.5, 0.6) is 11.5 Å². The minimum Gasteiger partial charge on any atom is -0.457 e. The fourth-order valence-electron chi connectivity index (χ4n) is 6.20. The maximum Gasteiger partial charge on any atom is 0.289 e. The molecule has 2 N–H and O–H groups in total. The standard InChI is InChI=1S/C44H41F2N3O4/c1-28-24-35(43(50)47-22-6-8-31-12-16-33(17-13-31)37-10-4-5-11-39(37)45)25-29(2)42(28)52-36-20-21-40(46)38(27-36)34-18-14-32(15-19-34)9-7-23-48-44(51)41-26-30(3)49-53-41/h4-5,10-21,24-27H,6-9,22-23H2,1-3H3,(H,47,50)(H,48,51). The molecular weight excluding hydrogens is 672 g/mol. The summed E-state index contributed by atoms with van der Waals surface area (Å²) < 4.78 is 40.4. The molecule has 0 radical (unpaired) electrons. The van der Waals surface area contributed by atoms with Crippen molar-refractivity contribution in [2.75, 3.05) is 13.1 Å². The molecule has 6 aromatic rings. The van der Waals surface area contributed by atoms with Crippen LogP contribution in [0.1, 0.15) is 61.7 Å². The lowest BCUT2D eigenvalue weighted by Gasteiger charge is -2.15. The van der Waals surface area contributed by atoms with Gasteiger partial charge in [-0.3, -0.25) is 9.59 Å². The summed E-state index contributed by atoms with van der Waals surface area (Å²) in [6, 6.07) is 32.0. The molecule has 7 nitrogen and oxygen atoms in total. The molecule has 0 aliphatic heterocycles. The number of nitrogens with one attached hydrogen (secondary N) is 2. The molecule has 1 heterocycles. The van der Waals surface area contributed by atoms with E-state index in [2.05, 4.69) is 15.8 Å². The Morgan fingerprint density at radius 1 is 0.660 bits per heavy atom. The van der Waals surface area contributed by atoms with Crippen molar-refractivity contribution in [2.45, 2.75) is 46.5 Å². The molecule has 9 heteroatoms. The van der Waals surface area contributed by atoms with Gasteiger partial charge < -0.3 is 19.9 Å². The van der Waals surface area contributed by atoms with E-state index < -0.39 is 0 Å². The minimum atomic E-state index is -0.365. The van der Waals surface area contributed by atoms with Gasteiger partial charge in [0.2, 0.25) is 5.76 Å². The molecule has 0 fully saturated rings. The van der Waals surface area contributed by atoms with Crippen molar-refractivity contribution in [2.24, 2.45) is 0 Å². The average Bonchev–Trinajstić information content (AvgIpc) is 3.61. The van der Waals surface area contributed by atoms with E-state index in [1.807, 2.05) is 68.4 Å². The number of carbonyl (C=O) groups is 2. The smallest absolute Gasteiger partial charge is 0.289 e. The Kier molecular flexibility index (Phi) is 11.7. The number of hydrogen-bond acceptors (Lipinski definition) is 5. The van der Waals surface area contributed by atoms with E-state index in [1.165, 1.54) is 12.1 Å². The number of aromatic nitrogens is 1. The summed E-state index contributed by atoms with van der Waals surface area (Å²) in [5.41, 5.74) is 7.47. The van der Waals surface area contributed by atoms with Gasteiger partial charge in [0.25, 0.3) is 11.8 Å². The highest BCUT2D eigenvalue weighted by Crippen LogP contribution is 2.34. The van der Waals surface area contributed by atoms with Gasteiger partial charge in [0.05, 0.1) is 5.69 Å². The minimum absolute atomic E-state index is 0.170. The monoisotopic (exact) mass is 713 g/mol. The summed E-state index contributed by atoms with van der Waals surface area (Å²) in [4.78, 5) is 25.2. The lowest BCUT2D eigenvalue weighted by Crippen LogP contribution is -2.25. The highest BCUT2D eigenvalue weighted by atomic mass is 19.1. The lowest BCUT2D eigenvalue weighted by atomic mass is 10.0. The van der Waals surface area contributed by atoms with Crippen LogP contribution in [0, 0.1) is 32.4 Å². The number of rotatable bonds is 14. The number of hydrogen-bond donors (Lipinski definition) is 2. The van der Waals surface area contributed by atoms with E-state index in [4.69, 9.17) is 9.26 Å². The van der Waals surface area contributed by atoms with Crippen molar-refractivity contribution in [3.63, 3.8) is 0 Å². The summed E-state index contributed by atoms with van der Waals surface area (Å²) in [7, 11) is 0. The zero-order chi connectivity index (χ0) is 37.3. The summed E-state index contributed by atoms with van der Waals surface area (Å²) in [5.74, 6) is 0.206. The van der Waals surface area contributed by atoms with Crippen LogP contribution in [0.4, 0.5) is 8.78 Å². The number of nitrogens with zero attached hydrogens (tertiary/aromatic N) is 1. The Morgan fingerprint density at radius 3 is 1.81 bits per heavy atom. The summed E-state index contributed by atoms with van der Waals surface area (Å²) in [6.45, 7) is 6.51. The molecule has 270 valence electrons. The fourth-order valence-corrected chi connectivity index (χ4v) is 6.20. The van der Waals surface area contributed by atoms with Crippen molar-refractivity contribution < 1.29 is 27.6 Å². The highest BCUT2D eigenvalue weighted by Gasteiger charge is 2.15. The summed E-state index contributed by atoms with van der Waals surface area (Å²) >= 11 is 0. The van der Waals surface area contributed by atoms with E-state index >= 15 is 4.39 Å². The van der Waals surface area contributed by atoms with Gasteiger partial charge in [0.15, 0.2) is 0 Å². The first kappa shape index (κ1) is 36.7. The molecule has 0 atom stereocenters. The van der Waals surface area contributed by atoms with Gasteiger partial charge >= 0.3 is 0 Å². The first-order chi connectivity index (χ1) is 25.6. The number of halogens is 2. The molecule has 0 unspecified atom stereocenters. The molecular formula is C44H41F2N3O4. The Labute approximate surface area is 308 Å². The second-order valence-corrected chi connectivity index (χ2v) is 13.1.